The van der Waals surface area contributed by atoms with Gasteiger partial charge in [0.05, 0.1) is 12.0 Å². The van der Waals surface area contributed by atoms with Gasteiger partial charge in [0.25, 0.3) is 0 Å². The normalized spacial score (nSPS) is 13.8. The van der Waals surface area contributed by atoms with E-state index in [0.717, 1.165) is 17.7 Å². The third-order valence-corrected chi connectivity index (χ3v) is 2.99. The lowest BCUT2D eigenvalue weighted by Crippen LogP contribution is -2.28. The van der Waals surface area contributed by atoms with Crippen LogP contribution in [0.25, 0.3) is 0 Å². The molecule has 0 saturated heterocycles. The summed E-state index contributed by atoms with van der Waals surface area (Å²) in [6, 6.07) is 4.81. The number of methoxy groups -OCH3 is 1. The van der Waals surface area contributed by atoms with Gasteiger partial charge in [-0.25, -0.2) is 4.79 Å². The van der Waals surface area contributed by atoms with Gasteiger partial charge in [0.15, 0.2) is 0 Å². The number of fused-ring (bicyclic) bond motifs is 1. The average molecular weight is 249 g/mol. The first-order valence-electron chi connectivity index (χ1n) is 5.79. The zero-order valence-corrected chi connectivity index (χ0v) is 10.2. The lowest BCUT2D eigenvalue weighted by molar-refractivity contribution is -0.117. The first kappa shape index (κ1) is 12.6. The van der Waals surface area contributed by atoms with Gasteiger partial charge in [0.2, 0.25) is 5.91 Å². The molecule has 18 heavy (non-hydrogen) atoms. The van der Waals surface area contributed by atoms with Crippen molar-refractivity contribution in [3.05, 3.63) is 29.3 Å². The van der Waals surface area contributed by atoms with Crippen LogP contribution in [-0.4, -0.2) is 37.2 Å². The molecule has 0 spiro atoms. The number of aromatic carboxylic acids is 1. The predicted molar refractivity (Wildman–Crippen MR) is 66.0 cm³/mol. The highest BCUT2D eigenvalue weighted by Crippen LogP contribution is 2.29. The van der Waals surface area contributed by atoms with Crippen molar-refractivity contribution in [2.24, 2.45) is 0 Å². The van der Waals surface area contributed by atoms with Crippen LogP contribution in [0.3, 0.4) is 0 Å². The quantitative estimate of drug-likeness (QED) is 0.799. The zero-order valence-electron chi connectivity index (χ0n) is 10.2. The van der Waals surface area contributed by atoms with E-state index in [0.29, 0.717) is 13.2 Å². The number of anilines is 1. The molecule has 1 aliphatic heterocycles. The molecule has 5 heteroatoms. The minimum atomic E-state index is -0.969. The van der Waals surface area contributed by atoms with E-state index >= 15 is 0 Å². The summed E-state index contributed by atoms with van der Waals surface area (Å²) in [5.74, 6) is -0.952. The molecule has 1 N–H and O–H groups in total. The van der Waals surface area contributed by atoms with Gasteiger partial charge in [-0.2, -0.15) is 0 Å². The standard InChI is InChI=1S/C13H15NO4/c1-18-6-2-5-14-11-4-3-9(13(16)17)7-10(11)8-12(14)15/h3-4,7H,2,5-6,8H2,1H3,(H,16,17). The molecule has 5 nitrogen and oxygen atoms in total. The van der Waals surface area contributed by atoms with Gasteiger partial charge in [-0.3, -0.25) is 4.79 Å². The molecule has 1 heterocycles. The molecule has 0 saturated carbocycles. The Hall–Kier alpha value is -1.88. The number of rotatable bonds is 5. The summed E-state index contributed by atoms with van der Waals surface area (Å²) in [7, 11) is 1.62. The van der Waals surface area contributed by atoms with E-state index in [1.807, 2.05) is 0 Å². The Morgan fingerprint density at radius 3 is 2.94 bits per heavy atom. The highest BCUT2D eigenvalue weighted by Gasteiger charge is 2.27. The summed E-state index contributed by atoms with van der Waals surface area (Å²) in [5, 5.41) is 8.91. The number of carboxylic acid groups (broad SMARTS) is 1. The average Bonchev–Trinajstić information content (AvgIpc) is 2.65. The Bertz CT molecular complexity index is 484. The Labute approximate surface area is 105 Å². The first-order chi connectivity index (χ1) is 8.63. The van der Waals surface area contributed by atoms with Crippen molar-refractivity contribution in [2.45, 2.75) is 12.8 Å². The summed E-state index contributed by atoms with van der Waals surface area (Å²) in [4.78, 5) is 24.4. The fraction of sp³-hybridized carbons (Fsp3) is 0.385. The summed E-state index contributed by atoms with van der Waals surface area (Å²) >= 11 is 0. The minimum Gasteiger partial charge on any atom is -0.478 e. The highest BCUT2D eigenvalue weighted by atomic mass is 16.5. The molecule has 0 aliphatic carbocycles. The summed E-state index contributed by atoms with van der Waals surface area (Å²) in [6.07, 6.45) is 1.05. The van der Waals surface area contributed by atoms with Crippen molar-refractivity contribution >= 4 is 17.6 Å². The summed E-state index contributed by atoms with van der Waals surface area (Å²) in [5.41, 5.74) is 1.83. The van der Waals surface area contributed by atoms with Gasteiger partial charge in [-0.1, -0.05) is 0 Å². The second-order valence-electron chi connectivity index (χ2n) is 4.22. The smallest absolute Gasteiger partial charge is 0.335 e. The van der Waals surface area contributed by atoms with Crippen molar-refractivity contribution in [3.8, 4) is 0 Å². The second-order valence-corrected chi connectivity index (χ2v) is 4.22. The van der Waals surface area contributed by atoms with Crippen molar-refractivity contribution in [1.29, 1.82) is 0 Å². The lowest BCUT2D eigenvalue weighted by atomic mass is 10.1. The molecule has 0 bridgehead atoms. The third-order valence-electron chi connectivity index (χ3n) is 2.99. The molecule has 1 amide bonds. The van der Waals surface area contributed by atoms with Gasteiger partial charge in [0.1, 0.15) is 0 Å². The van der Waals surface area contributed by atoms with Crippen molar-refractivity contribution in [3.63, 3.8) is 0 Å². The van der Waals surface area contributed by atoms with Crippen LogP contribution in [0.1, 0.15) is 22.3 Å². The van der Waals surface area contributed by atoms with Crippen LogP contribution in [0.5, 0.6) is 0 Å². The maximum absolute atomic E-state index is 11.8. The van der Waals surface area contributed by atoms with Crippen LogP contribution in [0.4, 0.5) is 5.69 Å². The van der Waals surface area contributed by atoms with Crippen LogP contribution >= 0.6 is 0 Å². The number of hydrogen-bond donors (Lipinski definition) is 1. The van der Waals surface area contributed by atoms with E-state index in [1.54, 1.807) is 24.1 Å². The van der Waals surface area contributed by atoms with Crippen LogP contribution in [-0.2, 0) is 16.0 Å². The van der Waals surface area contributed by atoms with Crippen LogP contribution in [0.2, 0.25) is 0 Å². The highest BCUT2D eigenvalue weighted by molar-refractivity contribution is 6.02. The number of benzene rings is 1. The van der Waals surface area contributed by atoms with E-state index in [9.17, 15) is 9.59 Å². The van der Waals surface area contributed by atoms with Crippen LogP contribution < -0.4 is 4.90 Å². The molecule has 1 aromatic rings. The molecule has 96 valence electrons. The van der Waals surface area contributed by atoms with Gasteiger partial charge in [-0.15, -0.1) is 0 Å². The molecule has 1 aromatic carbocycles. The number of hydrogen-bond acceptors (Lipinski definition) is 3. The second kappa shape index (κ2) is 5.18. The van der Waals surface area contributed by atoms with E-state index in [1.165, 1.54) is 6.07 Å². The van der Waals surface area contributed by atoms with Gasteiger partial charge in [0, 0.05) is 25.9 Å². The topological polar surface area (TPSA) is 66.8 Å². The summed E-state index contributed by atoms with van der Waals surface area (Å²) < 4.78 is 4.96. The molecule has 0 atom stereocenters. The Balaban J connectivity index is 2.18. The monoisotopic (exact) mass is 249 g/mol. The molecule has 0 fully saturated rings. The number of nitrogens with zero attached hydrogens (tertiary/aromatic N) is 1. The number of carbonyl (C=O) groups excluding carboxylic acids is 1. The van der Waals surface area contributed by atoms with Crippen molar-refractivity contribution in [1.82, 2.24) is 0 Å². The largest absolute Gasteiger partial charge is 0.478 e. The molecule has 2 rings (SSSR count). The molecule has 0 radical (unpaired) electrons. The fourth-order valence-corrected chi connectivity index (χ4v) is 2.13. The first-order valence-corrected chi connectivity index (χ1v) is 5.79. The van der Waals surface area contributed by atoms with E-state index in [2.05, 4.69) is 0 Å². The molecule has 0 aromatic heterocycles. The van der Waals surface area contributed by atoms with E-state index in [4.69, 9.17) is 9.84 Å². The molecular weight excluding hydrogens is 234 g/mol. The van der Waals surface area contributed by atoms with Gasteiger partial charge >= 0.3 is 5.97 Å². The van der Waals surface area contributed by atoms with E-state index in [-0.39, 0.29) is 17.9 Å². The number of carbonyl (C=O) groups is 2. The number of ether oxygens (including phenoxy) is 1. The summed E-state index contributed by atoms with van der Waals surface area (Å²) in [6.45, 7) is 1.21. The van der Waals surface area contributed by atoms with Crippen molar-refractivity contribution in [2.75, 3.05) is 25.2 Å². The Kier molecular flexibility index (Phi) is 3.62. The van der Waals surface area contributed by atoms with Crippen molar-refractivity contribution < 1.29 is 19.4 Å². The maximum Gasteiger partial charge on any atom is 0.335 e. The molecule has 0 unspecified atom stereocenters. The van der Waals surface area contributed by atoms with Crippen LogP contribution in [0, 0.1) is 0 Å². The molecular formula is C13H15NO4. The number of amides is 1. The lowest BCUT2D eigenvalue weighted by Gasteiger charge is -2.17. The van der Waals surface area contributed by atoms with Crippen LogP contribution in [0.15, 0.2) is 18.2 Å². The zero-order chi connectivity index (χ0) is 13.1. The third kappa shape index (κ3) is 2.36. The maximum atomic E-state index is 11.8. The number of carboxylic acids is 1. The van der Waals surface area contributed by atoms with Gasteiger partial charge in [-0.05, 0) is 30.2 Å². The van der Waals surface area contributed by atoms with E-state index < -0.39 is 5.97 Å². The Morgan fingerprint density at radius 1 is 1.50 bits per heavy atom. The SMILES string of the molecule is COCCCN1C(=O)Cc2cc(C(=O)O)ccc21. The fourth-order valence-electron chi connectivity index (χ4n) is 2.13. The molecule has 1 aliphatic rings. The minimum absolute atomic E-state index is 0.0173. The Morgan fingerprint density at radius 2 is 2.28 bits per heavy atom. The van der Waals surface area contributed by atoms with Gasteiger partial charge < -0.3 is 14.7 Å². The predicted octanol–water partition coefficient (Wildman–Crippen LogP) is 1.31.